The Bertz CT molecular complexity index is 405. The van der Waals surface area contributed by atoms with Crippen LogP contribution in [0.25, 0.3) is 0 Å². The lowest BCUT2D eigenvalue weighted by molar-refractivity contribution is 0.390. The minimum absolute atomic E-state index is 0.138. The third kappa shape index (κ3) is 2.77. The van der Waals surface area contributed by atoms with Crippen LogP contribution in [-0.2, 0) is 10.0 Å². The number of nitrogens with one attached hydrogen (secondary N) is 2. The Hall–Kier alpha value is -0.920. The van der Waals surface area contributed by atoms with Crippen LogP contribution in [0.2, 0.25) is 0 Å². The van der Waals surface area contributed by atoms with Crippen molar-refractivity contribution in [3.63, 3.8) is 0 Å². The third-order valence-corrected chi connectivity index (χ3v) is 3.61. The highest BCUT2D eigenvalue weighted by atomic mass is 32.2. The van der Waals surface area contributed by atoms with E-state index >= 15 is 0 Å². The highest BCUT2D eigenvalue weighted by Crippen LogP contribution is 2.17. The molecular weight excluding hydrogens is 218 g/mol. The molecule has 0 atom stereocenters. The van der Waals surface area contributed by atoms with E-state index in [-0.39, 0.29) is 4.90 Å². The van der Waals surface area contributed by atoms with Crippen LogP contribution in [0, 0.1) is 13.8 Å². The maximum Gasteiger partial charge on any atom is 0.246 e. The van der Waals surface area contributed by atoms with E-state index < -0.39 is 10.0 Å². The van der Waals surface area contributed by atoms with E-state index in [0.717, 1.165) is 0 Å². The molecule has 0 saturated carbocycles. The molecule has 1 heterocycles. The molecule has 1 aromatic heterocycles. The highest BCUT2D eigenvalue weighted by Gasteiger charge is 2.23. The molecule has 0 spiro atoms. The van der Waals surface area contributed by atoms with E-state index in [1.807, 2.05) is 0 Å². The van der Waals surface area contributed by atoms with Crippen molar-refractivity contribution in [2.24, 2.45) is 0 Å². The van der Waals surface area contributed by atoms with Gasteiger partial charge in [0.05, 0.1) is 0 Å². The molecule has 0 aromatic carbocycles. The van der Waals surface area contributed by atoms with Crippen molar-refractivity contribution in [3.8, 4) is 0 Å². The maximum absolute atomic E-state index is 11.8. The summed E-state index contributed by atoms with van der Waals surface area (Å²) in [4.78, 5) is 0.138. The van der Waals surface area contributed by atoms with Crippen LogP contribution in [0.4, 0.5) is 0 Å². The number of aryl methyl sites for hydroxylation is 2. The summed E-state index contributed by atoms with van der Waals surface area (Å²) >= 11 is 0. The summed E-state index contributed by atoms with van der Waals surface area (Å²) in [6.07, 6.45) is 0. The van der Waals surface area contributed by atoms with Crippen molar-refractivity contribution in [1.82, 2.24) is 15.2 Å². The molecule has 0 bridgehead atoms. The van der Waals surface area contributed by atoms with Gasteiger partial charge in [0.15, 0.2) is 5.76 Å². The van der Waals surface area contributed by atoms with Gasteiger partial charge in [0.1, 0.15) is 10.6 Å². The highest BCUT2D eigenvalue weighted by molar-refractivity contribution is 7.89. The Morgan fingerprint density at radius 1 is 1.33 bits per heavy atom. The standard InChI is InChI=1S/C8H15N3O3S/c1-6-8(7(2)14-11-6)15(12,13)10-5-4-9-3/h9-10H,4-5H2,1-3H3. The fraction of sp³-hybridized carbons (Fsp3) is 0.625. The number of aromatic nitrogens is 1. The quantitative estimate of drug-likeness (QED) is 0.687. The first-order valence-corrected chi connectivity index (χ1v) is 6.04. The van der Waals surface area contributed by atoms with E-state index in [4.69, 9.17) is 4.52 Å². The second kappa shape index (κ2) is 4.73. The van der Waals surface area contributed by atoms with Crippen LogP contribution < -0.4 is 10.0 Å². The zero-order chi connectivity index (χ0) is 11.5. The van der Waals surface area contributed by atoms with Gasteiger partial charge in [-0.1, -0.05) is 5.16 Å². The number of rotatable bonds is 5. The van der Waals surface area contributed by atoms with E-state index in [1.54, 1.807) is 20.9 Å². The minimum atomic E-state index is -3.50. The molecule has 0 aliphatic heterocycles. The lowest BCUT2D eigenvalue weighted by atomic mass is 10.4. The molecule has 2 N–H and O–H groups in total. The third-order valence-electron chi connectivity index (χ3n) is 1.90. The van der Waals surface area contributed by atoms with E-state index in [1.165, 1.54) is 0 Å². The van der Waals surface area contributed by atoms with Gasteiger partial charge in [0.25, 0.3) is 0 Å². The smallest absolute Gasteiger partial charge is 0.246 e. The molecule has 1 aromatic rings. The Kier molecular flexibility index (Phi) is 3.83. The van der Waals surface area contributed by atoms with Crippen LogP contribution in [0.5, 0.6) is 0 Å². The van der Waals surface area contributed by atoms with Crippen molar-refractivity contribution in [2.45, 2.75) is 18.7 Å². The molecule has 15 heavy (non-hydrogen) atoms. The summed E-state index contributed by atoms with van der Waals surface area (Å²) in [6.45, 7) is 4.08. The van der Waals surface area contributed by atoms with Gasteiger partial charge in [-0.15, -0.1) is 0 Å². The van der Waals surface area contributed by atoms with Crippen molar-refractivity contribution in [2.75, 3.05) is 20.1 Å². The molecule has 0 aliphatic carbocycles. The van der Waals surface area contributed by atoms with E-state index in [9.17, 15) is 8.42 Å². The average Bonchev–Trinajstić information content (AvgIpc) is 2.46. The molecule has 0 amide bonds. The van der Waals surface area contributed by atoms with Crippen LogP contribution >= 0.6 is 0 Å². The number of sulfonamides is 1. The van der Waals surface area contributed by atoms with Gasteiger partial charge in [-0.05, 0) is 20.9 Å². The fourth-order valence-corrected chi connectivity index (χ4v) is 2.60. The van der Waals surface area contributed by atoms with Gasteiger partial charge in [0, 0.05) is 13.1 Å². The van der Waals surface area contributed by atoms with Crippen LogP contribution in [-0.4, -0.2) is 33.7 Å². The summed E-state index contributed by atoms with van der Waals surface area (Å²) in [5.74, 6) is 0.310. The largest absolute Gasteiger partial charge is 0.360 e. The Balaban J connectivity index is 2.87. The van der Waals surface area contributed by atoms with Crippen molar-refractivity contribution in [3.05, 3.63) is 11.5 Å². The summed E-state index contributed by atoms with van der Waals surface area (Å²) < 4.78 is 30.8. The topological polar surface area (TPSA) is 84.2 Å². The summed E-state index contributed by atoms with van der Waals surface area (Å²) in [5, 5.41) is 6.45. The molecule has 86 valence electrons. The molecule has 7 heteroatoms. The number of likely N-dealkylation sites (N-methyl/N-ethyl adjacent to an activating group) is 1. The average molecular weight is 233 g/mol. The lowest BCUT2D eigenvalue weighted by Crippen LogP contribution is -2.31. The second-order valence-corrected chi connectivity index (χ2v) is 4.86. The first-order chi connectivity index (χ1) is 6.99. The number of nitrogens with zero attached hydrogens (tertiary/aromatic N) is 1. The van der Waals surface area contributed by atoms with Gasteiger partial charge < -0.3 is 9.84 Å². The van der Waals surface area contributed by atoms with E-state index in [0.29, 0.717) is 24.5 Å². The summed E-state index contributed by atoms with van der Waals surface area (Å²) in [7, 11) is -1.74. The monoisotopic (exact) mass is 233 g/mol. The number of hydrogen-bond acceptors (Lipinski definition) is 5. The SMILES string of the molecule is CNCCNS(=O)(=O)c1c(C)noc1C. The first-order valence-electron chi connectivity index (χ1n) is 4.56. The molecule has 0 radical (unpaired) electrons. The zero-order valence-corrected chi connectivity index (χ0v) is 9.81. The molecule has 0 aliphatic rings. The van der Waals surface area contributed by atoms with Crippen molar-refractivity contribution >= 4 is 10.0 Å². The predicted molar refractivity (Wildman–Crippen MR) is 55.1 cm³/mol. The molecule has 0 saturated heterocycles. The normalized spacial score (nSPS) is 11.9. The maximum atomic E-state index is 11.8. The Morgan fingerprint density at radius 2 is 2.00 bits per heavy atom. The van der Waals surface area contributed by atoms with Gasteiger partial charge >= 0.3 is 0 Å². The van der Waals surface area contributed by atoms with Crippen LogP contribution in [0.1, 0.15) is 11.5 Å². The summed E-state index contributed by atoms with van der Waals surface area (Å²) in [5.41, 5.74) is 0.379. The molecule has 0 fully saturated rings. The lowest BCUT2D eigenvalue weighted by Gasteiger charge is -2.05. The summed E-state index contributed by atoms with van der Waals surface area (Å²) in [6, 6.07) is 0. The molecule has 1 rings (SSSR count). The molecule has 0 unspecified atom stereocenters. The van der Waals surface area contributed by atoms with Crippen molar-refractivity contribution < 1.29 is 12.9 Å². The first kappa shape index (κ1) is 12.2. The number of hydrogen-bond donors (Lipinski definition) is 2. The Labute approximate surface area is 89.1 Å². The van der Waals surface area contributed by atoms with Gasteiger partial charge in [-0.3, -0.25) is 0 Å². The second-order valence-electron chi connectivity index (χ2n) is 3.15. The van der Waals surface area contributed by atoms with Gasteiger partial charge in [-0.2, -0.15) is 0 Å². The van der Waals surface area contributed by atoms with Crippen LogP contribution in [0.3, 0.4) is 0 Å². The predicted octanol–water partition coefficient (Wildman–Crippen LogP) is -0.211. The Morgan fingerprint density at radius 3 is 2.47 bits per heavy atom. The molecule has 6 nitrogen and oxygen atoms in total. The molecular formula is C8H15N3O3S. The van der Waals surface area contributed by atoms with Crippen molar-refractivity contribution in [1.29, 1.82) is 0 Å². The van der Waals surface area contributed by atoms with E-state index in [2.05, 4.69) is 15.2 Å². The van der Waals surface area contributed by atoms with Gasteiger partial charge in [-0.25, -0.2) is 13.1 Å². The zero-order valence-electron chi connectivity index (χ0n) is 8.99. The minimum Gasteiger partial charge on any atom is -0.360 e. The van der Waals surface area contributed by atoms with Gasteiger partial charge in [0.2, 0.25) is 10.0 Å². The van der Waals surface area contributed by atoms with Crippen LogP contribution in [0.15, 0.2) is 9.42 Å². The fourth-order valence-electron chi connectivity index (χ4n) is 1.24.